The number of nitrogens with zero attached hydrogens (tertiary/aromatic N) is 1. The van der Waals surface area contributed by atoms with Crippen LogP contribution in [0.2, 0.25) is 12.6 Å². The van der Waals surface area contributed by atoms with Crippen molar-refractivity contribution >= 4 is 9.04 Å². The molecule has 0 rings (SSSR count). The zero-order chi connectivity index (χ0) is 12.1. The van der Waals surface area contributed by atoms with E-state index in [4.69, 9.17) is 10.00 Å². The number of unbranched alkanes of at least 4 members (excludes halogenated alkanes) is 5. The van der Waals surface area contributed by atoms with Crippen LogP contribution in [0.3, 0.4) is 0 Å². The van der Waals surface area contributed by atoms with Crippen molar-refractivity contribution in [2.24, 2.45) is 0 Å². The molecule has 1 unspecified atom stereocenters. The molecule has 0 bridgehead atoms. The monoisotopic (exact) mass is 243 g/mol. The van der Waals surface area contributed by atoms with Crippen LogP contribution in [0.25, 0.3) is 0 Å². The number of ether oxygens (including phenoxy) is 1. The largest absolute Gasteiger partial charge is 0.435 e. The van der Waals surface area contributed by atoms with E-state index in [0.29, 0.717) is 13.0 Å². The first-order chi connectivity index (χ1) is 7.77. The fourth-order valence-electron chi connectivity index (χ4n) is 1.57. The Bertz CT molecular complexity index is 180. The molecular weight excluding hydrogens is 218 g/mol. The van der Waals surface area contributed by atoms with Gasteiger partial charge in [-0.2, -0.15) is 5.26 Å². The maximum Gasteiger partial charge on any atom is 0.169 e. The summed E-state index contributed by atoms with van der Waals surface area (Å²) in [6.07, 6.45) is 7.83. The fourth-order valence-corrected chi connectivity index (χ4v) is 2.45. The average molecular weight is 243 g/mol. The van der Waals surface area contributed by atoms with Crippen molar-refractivity contribution in [3.8, 4) is 6.07 Å². The molecular formula is C12H25NO2Si. The predicted octanol–water partition coefficient (Wildman–Crippen LogP) is 2.60. The molecule has 0 amide bonds. The second-order valence-corrected chi connectivity index (χ2v) is 6.55. The highest BCUT2D eigenvalue weighted by Crippen LogP contribution is 2.08. The normalized spacial score (nSPS) is 12.3. The summed E-state index contributed by atoms with van der Waals surface area (Å²) in [7, 11) is -1.30. The summed E-state index contributed by atoms with van der Waals surface area (Å²) in [6, 6.07) is 3.13. The zero-order valence-corrected chi connectivity index (χ0v) is 11.6. The minimum Gasteiger partial charge on any atom is -0.435 e. The molecule has 0 radical (unpaired) electrons. The summed E-state index contributed by atoms with van der Waals surface area (Å²) in [6.45, 7) is 3.36. The molecule has 0 aromatic heterocycles. The molecule has 0 aliphatic heterocycles. The first-order valence-corrected chi connectivity index (χ1v) is 8.89. The van der Waals surface area contributed by atoms with Gasteiger partial charge in [0.2, 0.25) is 0 Å². The van der Waals surface area contributed by atoms with Crippen LogP contribution < -0.4 is 0 Å². The van der Waals surface area contributed by atoms with E-state index in [0.717, 1.165) is 19.1 Å². The topological polar surface area (TPSA) is 53.2 Å². The van der Waals surface area contributed by atoms with E-state index in [1.54, 1.807) is 0 Å². The molecule has 1 atom stereocenters. The van der Waals surface area contributed by atoms with E-state index in [1.165, 1.54) is 32.1 Å². The summed E-state index contributed by atoms with van der Waals surface area (Å²) in [5.41, 5.74) is 0. The SMILES string of the molecule is C[SiH](O)CCCCCCCCOCCC#N. The number of hydrogen-bond donors (Lipinski definition) is 1. The van der Waals surface area contributed by atoms with Crippen LogP contribution in [0.4, 0.5) is 0 Å². The molecule has 0 spiro atoms. The molecule has 0 aliphatic rings. The summed E-state index contributed by atoms with van der Waals surface area (Å²) in [5, 5.41) is 8.28. The van der Waals surface area contributed by atoms with Gasteiger partial charge in [0.05, 0.1) is 19.1 Å². The Morgan fingerprint density at radius 1 is 1.06 bits per heavy atom. The Labute approximate surface area is 101 Å². The molecule has 16 heavy (non-hydrogen) atoms. The maximum absolute atomic E-state index is 9.20. The van der Waals surface area contributed by atoms with Gasteiger partial charge >= 0.3 is 0 Å². The Balaban J connectivity index is 2.91. The second kappa shape index (κ2) is 12.7. The lowest BCUT2D eigenvalue weighted by Crippen LogP contribution is -2.03. The van der Waals surface area contributed by atoms with Gasteiger partial charge in [-0.05, 0) is 19.0 Å². The smallest absolute Gasteiger partial charge is 0.169 e. The van der Waals surface area contributed by atoms with Gasteiger partial charge in [-0.1, -0.05) is 32.1 Å². The minimum absolute atomic E-state index is 0.503. The number of rotatable bonds is 11. The number of nitriles is 1. The van der Waals surface area contributed by atoms with Gasteiger partial charge in [-0.3, -0.25) is 0 Å². The van der Waals surface area contributed by atoms with Crippen LogP contribution in [0.5, 0.6) is 0 Å². The van der Waals surface area contributed by atoms with Crippen molar-refractivity contribution in [3.05, 3.63) is 0 Å². The molecule has 94 valence electrons. The van der Waals surface area contributed by atoms with Gasteiger partial charge < -0.3 is 9.53 Å². The van der Waals surface area contributed by atoms with Crippen LogP contribution in [0.15, 0.2) is 0 Å². The van der Waals surface area contributed by atoms with E-state index < -0.39 is 9.04 Å². The maximum atomic E-state index is 9.20. The van der Waals surface area contributed by atoms with Crippen LogP contribution in [-0.2, 0) is 4.74 Å². The van der Waals surface area contributed by atoms with Crippen molar-refractivity contribution in [2.45, 2.75) is 57.5 Å². The Hall–Kier alpha value is -0.373. The standard InChI is InChI=1S/C12H25NO2Si/c1-16(14)12-7-5-3-2-4-6-10-15-11-8-9-13/h14,16H,2-8,10-12H2,1H3. The highest BCUT2D eigenvalue weighted by molar-refractivity contribution is 6.48. The average Bonchev–Trinajstić information content (AvgIpc) is 2.25. The molecule has 0 saturated carbocycles. The Kier molecular flexibility index (Phi) is 12.4. The van der Waals surface area contributed by atoms with Gasteiger partial charge in [0.25, 0.3) is 0 Å². The van der Waals surface area contributed by atoms with Crippen molar-refractivity contribution in [3.63, 3.8) is 0 Å². The molecule has 0 heterocycles. The number of hydrogen-bond acceptors (Lipinski definition) is 3. The highest BCUT2D eigenvalue weighted by Gasteiger charge is 1.97. The van der Waals surface area contributed by atoms with Crippen LogP contribution in [0, 0.1) is 11.3 Å². The van der Waals surface area contributed by atoms with E-state index in [1.807, 2.05) is 6.55 Å². The molecule has 4 heteroatoms. The quantitative estimate of drug-likeness (QED) is 0.448. The summed E-state index contributed by atoms with van der Waals surface area (Å²) in [5.74, 6) is 0. The molecule has 0 saturated heterocycles. The molecule has 0 fully saturated rings. The fraction of sp³-hybridized carbons (Fsp3) is 0.917. The summed E-state index contributed by atoms with van der Waals surface area (Å²) in [4.78, 5) is 9.20. The third-order valence-corrected chi connectivity index (χ3v) is 3.76. The lowest BCUT2D eigenvalue weighted by atomic mass is 10.1. The van der Waals surface area contributed by atoms with E-state index in [9.17, 15) is 4.80 Å². The molecule has 0 aliphatic carbocycles. The molecule has 1 N–H and O–H groups in total. The third-order valence-electron chi connectivity index (χ3n) is 2.52. The summed E-state index contributed by atoms with van der Waals surface area (Å²) >= 11 is 0. The van der Waals surface area contributed by atoms with E-state index >= 15 is 0 Å². The van der Waals surface area contributed by atoms with Gasteiger partial charge in [-0.25, -0.2) is 0 Å². The minimum atomic E-state index is -1.30. The van der Waals surface area contributed by atoms with Gasteiger partial charge in [0.15, 0.2) is 9.04 Å². The van der Waals surface area contributed by atoms with Crippen molar-refractivity contribution < 1.29 is 9.53 Å². The van der Waals surface area contributed by atoms with Crippen molar-refractivity contribution in [1.82, 2.24) is 0 Å². The van der Waals surface area contributed by atoms with E-state index in [2.05, 4.69) is 6.07 Å². The molecule has 3 nitrogen and oxygen atoms in total. The van der Waals surface area contributed by atoms with Crippen molar-refractivity contribution in [2.75, 3.05) is 13.2 Å². The second-order valence-electron chi connectivity index (χ2n) is 4.28. The molecule has 0 aromatic rings. The lowest BCUT2D eigenvalue weighted by molar-refractivity contribution is 0.135. The van der Waals surface area contributed by atoms with Crippen LogP contribution >= 0.6 is 0 Å². The van der Waals surface area contributed by atoms with Gasteiger partial charge in [-0.15, -0.1) is 0 Å². The highest BCUT2D eigenvalue weighted by atomic mass is 28.3. The Morgan fingerprint density at radius 3 is 2.31 bits per heavy atom. The first-order valence-electron chi connectivity index (χ1n) is 6.40. The van der Waals surface area contributed by atoms with Crippen LogP contribution in [0.1, 0.15) is 44.9 Å². The van der Waals surface area contributed by atoms with Gasteiger partial charge in [0, 0.05) is 6.61 Å². The lowest BCUT2D eigenvalue weighted by Gasteiger charge is -2.03. The van der Waals surface area contributed by atoms with Gasteiger partial charge in [0.1, 0.15) is 0 Å². The van der Waals surface area contributed by atoms with Crippen LogP contribution in [-0.4, -0.2) is 27.0 Å². The third kappa shape index (κ3) is 13.6. The van der Waals surface area contributed by atoms with E-state index in [-0.39, 0.29) is 0 Å². The van der Waals surface area contributed by atoms with Crippen molar-refractivity contribution in [1.29, 1.82) is 5.26 Å². The Morgan fingerprint density at radius 2 is 1.69 bits per heavy atom. The zero-order valence-electron chi connectivity index (χ0n) is 10.5. The first kappa shape index (κ1) is 15.6. The predicted molar refractivity (Wildman–Crippen MR) is 68.8 cm³/mol. The summed E-state index contributed by atoms with van der Waals surface area (Å²) < 4.78 is 5.28. The molecule has 0 aromatic carbocycles.